The number of carbonyl (C=O) groups excluding carboxylic acids is 1. The third kappa shape index (κ3) is 5.58. The zero-order valence-corrected chi connectivity index (χ0v) is 16.7. The van der Waals surface area contributed by atoms with Gasteiger partial charge in [-0.15, -0.1) is 0 Å². The molecule has 2 aromatic carbocycles. The number of carbonyl (C=O) groups is 1. The van der Waals surface area contributed by atoms with Crippen molar-refractivity contribution in [3.05, 3.63) is 52.8 Å². The molecule has 0 saturated heterocycles. The molecule has 0 bridgehead atoms. The van der Waals surface area contributed by atoms with Crippen molar-refractivity contribution in [1.29, 1.82) is 0 Å². The van der Waals surface area contributed by atoms with Gasteiger partial charge in [0, 0.05) is 11.3 Å². The number of nitrogens with one attached hydrogen (secondary N) is 2. The summed E-state index contributed by atoms with van der Waals surface area (Å²) in [7, 11) is 3.53. The Balaban J connectivity index is 2.02. The number of hydrogen-bond acceptors (Lipinski definition) is 3. The highest BCUT2D eigenvalue weighted by molar-refractivity contribution is 6.31. The summed E-state index contributed by atoms with van der Waals surface area (Å²) in [4.78, 5) is 13.5. The monoisotopic (exact) mass is 395 g/mol. The van der Waals surface area contributed by atoms with Crippen LogP contribution in [0, 0.1) is 5.82 Å². The quantitative estimate of drug-likeness (QED) is 0.722. The molecule has 0 aromatic heterocycles. The normalized spacial score (nSPS) is 13.0. The Morgan fingerprint density at radius 1 is 1.26 bits per heavy atom. The van der Waals surface area contributed by atoms with Crippen molar-refractivity contribution >= 4 is 23.2 Å². The Morgan fingerprint density at radius 2 is 2.00 bits per heavy atom. The van der Waals surface area contributed by atoms with Gasteiger partial charge in [0.05, 0.1) is 25.8 Å². The minimum Gasteiger partial charge on any atom is -0.493 e. The van der Waals surface area contributed by atoms with E-state index in [-0.39, 0.29) is 17.0 Å². The first-order valence-corrected chi connectivity index (χ1v) is 9.11. The number of methoxy groups -OCH3 is 1. The molecule has 7 heteroatoms. The molecule has 146 valence electrons. The smallest absolute Gasteiger partial charge is 0.282 e. The van der Waals surface area contributed by atoms with Crippen LogP contribution in [0.4, 0.5) is 10.1 Å². The lowest BCUT2D eigenvalue weighted by Crippen LogP contribution is -3.12. The topological polar surface area (TPSA) is 52.0 Å². The number of ether oxygens (including phenoxy) is 2. The second-order valence-electron chi connectivity index (χ2n) is 6.28. The van der Waals surface area contributed by atoms with Gasteiger partial charge in [0.2, 0.25) is 0 Å². The molecule has 0 aliphatic carbocycles. The number of rotatable bonds is 8. The first kappa shape index (κ1) is 21.0. The van der Waals surface area contributed by atoms with E-state index in [4.69, 9.17) is 21.1 Å². The maximum Gasteiger partial charge on any atom is 0.282 e. The van der Waals surface area contributed by atoms with Crippen LogP contribution in [0.3, 0.4) is 0 Å². The van der Waals surface area contributed by atoms with Crippen molar-refractivity contribution in [2.24, 2.45) is 0 Å². The Bertz CT molecular complexity index is 801. The fraction of sp³-hybridized carbons (Fsp3) is 0.350. The predicted molar refractivity (Wildman–Crippen MR) is 104 cm³/mol. The summed E-state index contributed by atoms with van der Waals surface area (Å²) in [6.45, 7) is 4.94. The Hall–Kier alpha value is -2.31. The van der Waals surface area contributed by atoms with Crippen LogP contribution in [0.25, 0.3) is 0 Å². The second-order valence-corrected chi connectivity index (χ2v) is 6.69. The molecule has 2 aromatic rings. The largest absolute Gasteiger partial charge is 0.493 e. The molecule has 0 spiro atoms. The van der Waals surface area contributed by atoms with Gasteiger partial charge in [-0.05, 0) is 50.2 Å². The molecule has 0 fully saturated rings. The van der Waals surface area contributed by atoms with Crippen molar-refractivity contribution in [3.8, 4) is 11.5 Å². The van der Waals surface area contributed by atoms with Crippen LogP contribution in [0.1, 0.15) is 19.4 Å². The summed E-state index contributed by atoms with van der Waals surface area (Å²) in [5.74, 6) is 0.670. The lowest BCUT2D eigenvalue weighted by Gasteiger charge is -2.21. The molecule has 0 radical (unpaired) electrons. The standard InChI is InChI=1S/C20H24ClFN2O3/c1-5-27-18-9-6-14(10-19(18)26-4)12-24(3)13(2)20(25)23-15-7-8-17(22)16(21)11-15/h6-11,13H,5,12H2,1-4H3,(H,23,25)/p+1/t13-/m0/s1. The van der Waals surface area contributed by atoms with E-state index in [2.05, 4.69) is 5.32 Å². The fourth-order valence-corrected chi connectivity index (χ4v) is 2.80. The molecule has 1 amide bonds. The summed E-state index contributed by atoms with van der Waals surface area (Å²) in [6.07, 6.45) is 0. The number of anilines is 1. The fourth-order valence-electron chi connectivity index (χ4n) is 2.62. The van der Waals surface area contributed by atoms with E-state index in [1.165, 1.54) is 18.2 Å². The second kappa shape index (κ2) is 9.58. The lowest BCUT2D eigenvalue weighted by molar-refractivity contribution is -0.907. The lowest BCUT2D eigenvalue weighted by atomic mass is 10.1. The number of benzene rings is 2. The summed E-state index contributed by atoms with van der Waals surface area (Å²) in [5, 5.41) is 2.74. The van der Waals surface area contributed by atoms with E-state index in [9.17, 15) is 9.18 Å². The molecular formula is C20H25ClFN2O3+. The molecular weight excluding hydrogens is 371 g/mol. The van der Waals surface area contributed by atoms with Crippen LogP contribution in [0.2, 0.25) is 5.02 Å². The van der Waals surface area contributed by atoms with E-state index in [0.29, 0.717) is 30.3 Å². The molecule has 5 nitrogen and oxygen atoms in total. The molecule has 0 saturated carbocycles. The summed E-state index contributed by atoms with van der Waals surface area (Å²) in [5.41, 5.74) is 1.49. The average molecular weight is 396 g/mol. The molecule has 27 heavy (non-hydrogen) atoms. The first-order valence-electron chi connectivity index (χ1n) is 8.73. The molecule has 2 N–H and O–H groups in total. The zero-order chi connectivity index (χ0) is 20.0. The van der Waals surface area contributed by atoms with Crippen molar-refractivity contribution in [2.45, 2.75) is 26.4 Å². The number of amides is 1. The maximum absolute atomic E-state index is 13.2. The van der Waals surface area contributed by atoms with Crippen LogP contribution in [-0.2, 0) is 11.3 Å². The van der Waals surface area contributed by atoms with Gasteiger partial charge in [-0.2, -0.15) is 0 Å². The van der Waals surface area contributed by atoms with Gasteiger partial charge >= 0.3 is 0 Å². The third-order valence-corrected chi connectivity index (χ3v) is 4.62. The SMILES string of the molecule is CCOc1ccc(C[NH+](C)[C@@H](C)C(=O)Nc2ccc(F)c(Cl)c2)cc1OC. The van der Waals surface area contributed by atoms with Gasteiger partial charge in [0.25, 0.3) is 5.91 Å². The van der Waals surface area contributed by atoms with Gasteiger partial charge < -0.3 is 19.7 Å². The number of likely N-dealkylation sites (N-methyl/N-ethyl adjacent to an activating group) is 1. The third-order valence-electron chi connectivity index (χ3n) is 4.33. The Labute approximate surface area is 164 Å². The minimum absolute atomic E-state index is 0.0253. The Morgan fingerprint density at radius 3 is 2.63 bits per heavy atom. The zero-order valence-electron chi connectivity index (χ0n) is 15.9. The number of halogens is 2. The molecule has 2 atom stereocenters. The highest BCUT2D eigenvalue weighted by Gasteiger charge is 2.22. The number of quaternary nitrogens is 1. The summed E-state index contributed by atoms with van der Waals surface area (Å²) < 4.78 is 24.1. The number of hydrogen-bond donors (Lipinski definition) is 2. The summed E-state index contributed by atoms with van der Waals surface area (Å²) >= 11 is 5.76. The maximum atomic E-state index is 13.2. The van der Waals surface area contributed by atoms with Crippen molar-refractivity contribution < 1.29 is 23.6 Å². The van der Waals surface area contributed by atoms with Gasteiger partial charge in [0.1, 0.15) is 12.4 Å². The first-order chi connectivity index (χ1) is 12.8. The average Bonchev–Trinajstić information content (AvgIpc) is 2.65. The summed E-state index contributed by atoms with van der Waals surface area (Å²) in [6, 6.07) is 9.53. The van der Waals surface area contributed by atoms with Crippen LogP contribution in [0.15, 0.2) is 36.4 Å². The molecule has 0 aliphatic heterocycles. The highest BCUT2D eigenvalue weighted by Crippen LogP contribution is 2.27. The van der Waals surface area contributed by atoms with Crippen LogP contribution in [0.5, 0.6) is 11.5 Å². The molecule has 0 aliphatic rings. The van der Waals surface area contributed by atoms with Gasteiger partial charge in [-0.1, -0.05) is 11.6 Å². The van der Waals surface area contributed by atoms with Crippen molar-refractivity contribution in [2.75, 3.05) is 26.1 Å². The van der Waals surface area contributed by atoms with Crippen LogP contribution < -0.4 is 19.7 Å². The van der Waals surface area contributed by atoms with Gasteiger partial charge in [-0.3, -0.25) is 4.79 Å². The van der Waals surface area contributed by atoms with E-state index in [1.807, 2.05) is 39.1 Å². The van der Waals surface area contributed by atoms with Crippen molar-refractivity contribution in [3.63, 3.8) is 0 Å². The van der Waals surface area contributed by atoms with Crippen LogP contribution in [-0.4, -0.2) is 32.7 Å². The van der Waals surface area contributed by atoms with E-state index in [1.54, 1.807) is 7.11 Å². The van der Waals surface area contributed by atoms with E-state index in [0.717, 1.165) is 10.5 Å². The molecule has 2 rings (SSSR count). The van der Waals surface area contributed by atoms with E-state index >= 15 is 0 Å². The van der Waals surface area contributed by atoms with Crippen LogP contribution >= 0.6 is 11.6 Å². The van der Waals surface area contributed by atoms with E-state index < -0.39 is 5.82 Å². The Kier molecular flexibility index (Phi) is 7.45. The molecule has 1 unspecified atom stereocenters. The minimum atomic E-state index is -0.519. The van der Waals surface area contributed by atoms with Gasteiger partial charge in [-0.25, -0.2) is 4.39 Å². The van der Waals surface area contributed by atoms with Gasteiger partial charge in [0.15, 0.2) is 17.5 Å². The highest BCUT2D eigenvalue weighted by atomic mass is 35.5. The predicted octanol–water partition coefficient (Wildman–Crippen LogP) is 2.93. The molecule has 0 heterocycles. The van der Waals surface area contributed by atoms with Crippen molar-refractivity contribution in [1.82, 2.24) is 0 Å².